The van der Waals surface area contributed by atoms with Gasteiger partial charge in [0.25, 0.3) is 0 Å². The highest BCUT2D eigenvalue weighted by Crippen LogP contribution is 2.24. The number of carbonyl (C=O) groups excluding carboxylic acids is 1. The van der Waals surface area contributed by atoms with Crippen molar-refractivity contribution in [3.63, 3.8) is 0 Å². The lowest BCUT2D eigenvalue weighted by Gasteiger charge is -2.10. The summed E-state index contributed by atoms with van der Waals surface area (Å²) < 4.78 is 3.08. The normalized spacial score (nSPS) is 10.9. The largest absolute Gasteiger partial charge is 0.338 e. The summed E-state index contributed by atoms with van der Waals surface area (Å²) in [6.45, 7) is 2.02. The third kappa shape index (κ3) is 4.09. The molecule has 0 unspecified atom stereocenters. The summed E-state index contributed by atoms with van der Waals surface area (Å²) in [7, 11) is 0. The Kier molecular flexibility index (Phi) is 6.12. The fourth-order valence-corrected chi connectivity index (χ4v) is 3.91. The average molecular weight is 451 g/mol. The SMILES string of the molecule is CCCc1c(C(=O)c2ccccc2)n(-c2ccc(Cl)cc2)c(=O)n1-c1ccc(Cl)cc1. The van der Waals surface area contributed by atoms with E-state index in [1.165, 1.54) is 4.57 Å². The molecule has 1 heterocycles. The number of imidazole rings is 1. The molecule has 0 atom stereocenters. The molecule has 0 bridgehead atoms. The van der Waals surface area contributed by atoms with E-state index in [1.807, 2.05) is 25.1 Å². The zero-order valence-corrected chi connectivity index (χ0v) is 18.4. The molecule has 3 aromatic carbocycles. The van der Waals surface area contributed by atoms with E-state index in [4.69, 9.17) is 23.2 Å². The number of rotatable bonds is 6. The molecule has 4 nitrogen and oxygen atoms in total. The van der Waals surface area contributed by atoms with Crippen LogP contribution >= 0.6 is 23.2 Å². The van der Waals surface area contributed by atoms with Crippen molar-refractivity contribution in [2.45, 2.75) is 19.8 Å². The third-order valence-electron chi connectivity index (χ3n) is 5.06. The Hall–Kier alpha value is -3.08. The number of aromatic nitrogens is 2. The van der Waals surface area contributed by atoms with Gasteiger partial charge in [0.2, 0.25) is 5.78 Å². The van der Waals surface area contributed by atoms with E-state index in [1.54, 1.807) is 65.2 Å². The first-order valence-corrected chi connectivity index (χ1v) is 10.7. The standard InChI is InChI=1S/C25H20Cl2N2O2/c1-2-6-22-23(24(30)17-7-4-3-5-8-17)29(21-15-11-19(27)12-16-21)25(31)28(22)20-13-9-18(26)10-14-20/h3-5,7-16H,2,6H2,1H3. The minimum Gasteiger partial charge on any atom is -0.287 e. The molecule has 0 amide bonds. The molecule has 0 spiro atoms. The summed E-state index contributed by atoms with van der Waals surface area (Å²) in [5, 5.41) is 1.13. The Morgan fingerprint density at radius 2 is 1.29 bits per heavy atom. The smallest absolute Gasteiger partial charge is 0.287 e. The maximum atomic E-state index is 13.7. The Labute approximate surface area is 190 Å². The van der Waals surface area contributed by atoms with Gasteiger partial charge in [0.1, 0.15) is 5.69 Å². The van der Waals surface area contributed by atoms with Crippen molar-refractivity contribution in [2.24, 2.45) is 0 Å². The maximum Gasteiger partial charge on any atom is 0.338 e. The molecule has 156 valence electrons. The molecule has 0 saturated carbocycles. The first kappa shape index (κ1) is 21.2. The second-order valence-electron chi connectivity index (χ2n) is 7.15. The third-order valence-corrected chi connectivity index (χ3v) is 5.56. The van der Waals surface area contributed by atoms with Crippen LogP contribution in [0.5, 0.6) is 0 Å². The molecule has 0 aliphatic carbocycles. The van der Waals surface area contributed by atoms with Crippen LogP contribution < -0.4 is 5.69 Å². The van der Waals surface area contributed by atoms with Crippen molar-refractivity contribution in [3.8, 4) is 11.4 Å². The average Bonchev–Trinajstić information content (AvgIpc) is 3.07. The van der Waals surface area contributed by atoms with E-state index in [0.29, 0.717) is 44.8 Å². The van der Waals surface area contributed by atoms with Crippen molar-refractivity contribution < 1.29 is 4.79 Å². The molecule has 4 rings (SSSR count). The van der Waals surface area contributed by atoms with Crippen LogP contribution in [0.3, 0.4) is 0 Å². The quantitative estimate of drug-likeness (QED) is 0.332. The van der Waals surface area contributed by atoms with E-state index < -0.39 is 0 Å². The van der Waals surface area contributed by atoms with Crippen LogP contribution in [-0.2, 0) is 6.42 Å². The Morgan fingerprint density at radius 3 is 1.81 bits per heavy atom. The zero-order chi connectivity index (χ0) is 22.0. The minimum atomic E-state index is -0.313. The topological polar surface area (TPSA) is 44.0 Å². The maximum absolute atomic E-state index is 13.7. The molecule has 0 aliphatic heterocycles. The van der Waals surface area contributed by atoms with E-state index in [9.17, 15) is 9.59 Å². The van der Waals surface area contributed by atoms with Crippen LogP contribution in [0, 0.1) is 0 Å². The van der Waals surface area contributed by atoms with Crippen molar-refractivity contribution in [3.05, 3.63) is 116 Å². The molecular formula is C25H20Cl2N2O2. The van der Waals surface area contributed by atoms with E-state index in [0.717, 1.165) is 6.42 Å². The van der Waals surface area contributed by atoms with Crippen molar-refractivity contribution in [1.82, 2.24) is 9.13 Å². The number of hydrogen-bond acceptors (Lipinski definition) is 2. The molecule has 0 aliphatic rings. The number of hydrogen-bond donors (Lipinski definition) is 0. The molecule has 31 heavy (non-hydrogen) atoms. The molecular weight excluding hydrogens is 431 g/mol. The predicted molar refractivity (Wildman–Crippen MR) is 125 cm³/mol. The molecule has 0 fully saturated rings. The van der Waals surface area contributed by atoms with Gasteiger partial charge in [-0.1, -0.05) is 66.9 Å². The van der Waals surface area contributed by atoms with Gasteiger partial charge in [-0.3, -0.25) is 13.9 Å². The van der Waals surface area contributed by atoms with Crippen molar-refractivity contribution in [2.75, 3.05) is 0 Å². The van der Waals surface area contributed by atoms with E-state index >= 15 is 0 Å². The highest BCUT2D eigenvalue weighted by atomic mass is 35.5. The fourth-order valence-electron chi connectivity index (χ4n) is 3.66. The summed E-state index contributed by atoms with van der Waals surface area (Å²) in [5.41, 5.74) is 2.48. The Bertz CT molecular complexity index is 1270. The zero-order valence-electron chi connectivity index (χ0n) is 16.9. The molecule has 6 heteroatoms. The van der Waals surface area contributed by atoms with Crippen LogP contribution in [-0.4, -0.2) is 14.9 Å². The van der Waals surface area contributed by atoms with Gasteiger partial charge in [-0.15, -0.1) is 0 Å². The van der Waals surface area contributed by atoms with Gasteiger partial charge >= 0.3 is 5.69 Å². The number of halogens is 2. The van der Waals surface area contributed by atoms with Crippen LogP contribution in [0.25, 0.3) is 11.4 Å². The Morgan fingerprint density at radius 1 is 0.774 bits per heavy atom. The van der Waals surface area contributed by atoms with Crippen LogP contribution in [0.1, 0.15) is 35.1 Å². The predicted octanol–water partition coefficient (Wildman–Crippen LogP) is 6.12. The van der Waals surface area contributed by atoms with Gasteiger partial charge in [0.05, 0.1) is 17.1 Å². The van der Waals surface area contributed by atoms with E-state index in [2.05, 4.69) is 0 Å². The van der Waals surface area contributed by atoms with Crippen molar-refractivity contribution >= 4 is 29.0 Å². The van der Waals surface area contributed by atoms with Crippen LogP contribution in [0.4, 0.5) is 0 Å². The van der Waals surface area contributed by atoms with Crippen LogP contribution in [0.15, 0.2) is 83.7 Å². The summed E-state index contributed by atoms with van der Waals surface area (Å²) in [5.74, 6) is -0.205. The monoisotopic (exact) mass is 450 g/mol. The second kappa shape index (κ2) is 8.96. The van der Waals surface area contributed by atoms with Crippen LogP contribution in [0.2, 0.25) is 10.0 Å². The molecule has 0 radical (unpaired) electrons. The van der Waals surface area contributed by atoms with E-state index in [-0.39, 0.29) is 11.5 Å². The first-order valence-electron chi connectivity index (χ1n) is 9.99. The lowest BCUT2D eigenvalue weighted by molar-refractivity contribution is 0.103. The molecule has 1 aromatic heterocycles. The lowest BCUT2D eigenvalue weighted by atomic mass is 10.0. The summed E-state index contributed by atoms with van der Waals surface area (Å²) in [6.07, 6.45) is 1.33. The van der Waals surface area contributed by atoms with Gasteiger partial charge in [-0.2, -0.15) is 0 Å². The first-order chi connectivity index (χ1) is 15.0. The highest BCUT2D eigenvalue weighted by molar-refractivity contribution is 6.30. The second-order valence-corrected chi connectivity index (χ2v) is 8.02. The number of carbonyl (C=O) groups is 1. The molecule has 4 aromatic rings. The van der Waals surface area contributed by atoms with Crippen molar-refractivity contribution in [1.29, 1.82) is 0 Å². The number of nitrogens with zero attached hydrogens (tertiary/aromatic N) is 2. The summed E-state index contributed by atoms with van der Waals surface area (Å²) in [4.78, 5) is 27.3. The lowest BCUT2D eigenvalue weighted by Crippen LogP contribution is -2.24. The van der Waals surface area contributed by atoms with Gasteiger partial charge in [0, 0.05) is 15.6 Å². The van der Waals surface area contributed by atoms with Gasteiger partial charge in [-0.25, -0.2) is 4.79 Å². The fraction of sp³-hybridized carbons (Fsp3) is 0.120. The van der Waals surface area contributed by atoms with Gasteiger partial charge < -0.3 is 0 Å². The highest BCUT2D eigenvalue weighted by Gasteiger charge is 2.27. The van der Waals surface area contributed by atoms with Gasteiger partial charge in [-0.05, 0) is 55.0 Å². The molecule has 0 N–H and O–H groups in total. The number of benzene rings is 3. The number of ketones is 1. The summed E-state index contributed by atoms with van der Waals surface area (Å²) in [6, 6.07) is 22.9. The Balaban J connectivity index is 2.06. The molecule has 0 saturated heterocycles. The van der Waals surface area contributed by atoms with Gasteiger partial charge in [0.15, 0.2) is 0 Å². The summed E-state index contributed by atoms with van der Waals surface area (Å²) >= 11 is 12.1. The minimum absolute atomic E-state index is 0.205.